The molecule has 2 aromatic heterocycles. The van der Waals surface area contributed by atoms with Gasteiger partial charge < -0.3 is 4.98 Å². The van der Waals surface area contributed by atoms with Gasteiger partial charge in [0.15, 0.2) is 5.16 Å². The number of H-pyrrole nitrogens is 1. The van der Waals surface area contributed by atoms with Crippen LogP contribution >= 0.6 is 11.8 Å². The summed E-state index contributed by atoms with van der Waals surface area (Å²) in [5.74, 6) is 0.862. The van der Waals surface area contributed by atoms with Gasteiger partial charge in [0.05, 0.1) is 27.1 Å². The molecule has 0 unspecified atom stereocenters. The monoisotopic (exact) mass is 406 g/mol. The van der Waals surface area contributed by atoms with E-state index in [-0.39, 0.29) is 16.4 Å². The maximum absolute atomic E-state index is 13.1. The van der Waals surface area contributed by atoms with Crippen molar-refractivity contribution in [2.24, 2.45) is 5.92 Å². The maximum Gasteiger partial charge on any atom is 0.262 e. The van der Waals surface area contributed by atoms with E-state index in [1.165, 1.54) is 11.8 Å². The molecule has 1 N–H and O–H groups in total. The first-order valence-electron chi connectivity index (χ1n) is 9.59. The topological polar surface area (TPSA) is 80.6 Å². The molecule has 4 rings (SSSR count). The molecular weight excluding hydrogens is 384 g/mol. The first kappa shape index (κ1) is 19.4. The normalized spacial score (nSPS) is 12.7. The van der Waals surface area contributed by atoms with Gasteiger partial charge in [0.2, 0.25) is 0 Å². The summed E-state index contributed by atoms with van der Waals surface area (Å²) in [4.78, 5) is 37.7. The number of thioether (sulfide) groups is 1. The third kappa shape index (κ3) is 3.82. The highest BCUT2D eigenvalue weighted by molar-refractivity contribution is 7.99. The summed E-state index contributed by atoms with van der Waals surface area (Å²) in [7, 11) is 0. The third-order valence-corrected chi connectivity index (χ3v) is 5.77. The molecule has 6 nitrogen and oxygen atoms in total. The number of fused-ring (bicyclic) bond motifs is 2. The van der Waals surface area contributed by atoms with E-state index in [1.807, 2.05) is 49.4 Å². The van der Waals surface area contributed by atoms with E-state index in [1.54, 1.807) is 10.6 Å². The molecule has 0 bridgehead atoms. The Labute approximate surface area is 172 Å². The van der Waals surface area contributed by atoms with Crippen LogP contribution in [0.3, 0.4) is 0 Å². The lowest BCUT2D eigenvalue weighted by Crippen LogP contribution is -2.25. The molecule has 0 amide bonds. The quantitative estimate of drug-likeness (QED) is 0.398. The van der Waals surface area contributed by atoms with E-state index in [0.717, 1.165) is 0 Å². The summed E-state index contributed by atoms with van der Waals surface area (Å²) < 4.78 is 1.73. The number of hydrogen-bond donors (Lipinski definition) is 1. The van der Waals surface area contributed by atoms with Crippen molar-refractivity contribution in [3.05, 3.63) is 75.1 Å². The fraction of sp³-hybridized carbons (Fsp3) is 0.273. The maximum atomic E-state index is 13.1. The van der Waals surface area contributed by atoms with Gasteiger partial charge in [0.1, 0.15) is 5.82 Å². The SMILES string of the molecule is CC(C)Cn1c(S[C@@H](C)c2nc3ccccc3c(=O)[nH]2)nc2ccccc2c1=O. The molecule has 2 aromatic carbocycles. The molecule has 4 aromatic rings. The standard InChI is InChI=1S/C22H22N4O2S/c1-13(2)12-26-21(28)16-9-5-7-11-18(16)24-22(26)29-14(3)19-23-17-10-6-4-8-15(17)20(27)25-19/h4-11,13-14H,12H2,1-3H3,(H,23,25,27)/t14-/m0/s1. The fourth-order valence-electron chi connectivity index (χ4n) is 3.27. The smallest absolute Gasteiger partial charge is 0.262 e. The average molecular weight is 407 g/mol. The summed E-state index contributed by atoms with van der Waals surface area (Å²) in [6.45, 7) is 6.68. The molecule has 0 aliphatic carbocycles. The minimum Gasteiger partial charge on any atom is -0.309 e. The Morgan fingerprint density at radius 3 is 2.24 bits per heavy atom. The highest BCUT2D eigenvalue weighted by Crippen LogP contribution is 2.32. The minimum absolute atomic E-state index is 0.0426. The third-order valence-electron chi connectivity index (χ3n) is 4.67. The van der Waals surface area contributed by atoms with Crippen LogP contribution in [0, 0.1) is 5.92 Å². The van der Waals surface area contributed by atoms with Crippen molar-refractivity contribution in [2.75, 3.05) is 0 Å². The van der Waals surface area contributed by atoms with Gasteiger partial charge in [-0.3, -0.25) is 14.2 Å². The fourth-order valence-corrected chi connectivity index (χ4v) is 4.25. The van der Waals surface area contributed by atoms with Crippen molar-refractivity contribution in [2.45, 2.75) is 37.7 Å². The molecule has 0 aliphatic heterocycles. The van der Waals surface area contributed by atoms with Gasteiger partial charge in [-0.1, -0.05) is 49.9 Å². The Bertz CT molecular complexity index is 1310. The molecule has 0 spiro atoms. The summed E-state index contributed by atoms with van der Waals surface area (Å²) in [6.07, 6.45) is 0. The summed E-state index contributed by atoms with van der Waals surface area (Å²) >= 11 is 1.43. The lowest BCUT2D eigenvalue weighted by Gasteiger charge is -2.17. The number of hydrogen-bond acceptors (Lipinski definition) is 5. The van der Waals surface area contributed by atoms with Gasteiger partial charge in [-0.05, 0) is 37.1 Å². The van der Waals surface area contributed by atoms with Crippen LogP contribution in [0.4, 0.5) is 0 Å². The highest BCUT2D eigenvalue weighted by Gasteiger charge is 2.18. The van der Waals surface area contributed by atoms with Crippen molar-refractivity contribution in [1.29, 1.82) is 0 Å². The van der Waals surface area contributed by atoms with Crippen LogP contribution in [0.2, 0.25) is 0 Å². The van der Waals surface area contributed by atoms with Gasteiger partial charge in [-0.25, -0.2) is 9.97 Å². The Kier molecular flexibility index (Phi) is 5.24. The average Bonchev–Trinajstić information content (AvgIpc) is 2.70. The van der Waals surface area contributed by atoms with Crippen LogP contribution in [0.15, 0.2) is 63.3 Å². The molecule has 0 radical (unpaired) electrons. The van der Waals surface area contributed by atoms with E-state index in [0.29, 0.717) is 45.2 Å². The molecule has 0 saturated carbocycles. The van der Waals surface area contributed by atoms with Gasteiger partial charge in [0.25, 0.3) is 11.1 Å². The first-order valence-corrected chi connectivity index (χ1v) is 10.5. The largest absolute Gasteiger partial charge is 0.309 e. The summed E-state index contributed by atoms with van der Waals surface area (Å²) in [5, 5.41) is 1.63. The first-order chi connectivity index (χ1) is 13.9. The Hall–Kier alpha value is -2.93. The van der Waals surface area contributed by atoms with Crippen molar-refractivity contribution in [3.63, 3.8) is 0 Å². The molecule has 0 fully saturated rings. The number of para-hydroxylation sites is 2. The zero-order valence-electron chi connectivity index (χ0n) is 16.5. The van der Waals surface area contributed by atoms with E-state index in [4.69, 9.17) is 4.98 Å². The molecule has 0 aliphatic rings. The molecule has 29 heavy (non-hydrogen) atoms. The molecule has 7 heteroatoms. The molecular formula is C22H22N4O2S. The van der Waals surface area contributed by atoms with Crippen molar-refractivity contribution >= 4 is 33.6 Å². The van der Waals surface area contributed by atoms with Crippen LogP contribution in [0.5, 0.6) is 0 Å². The van der Waals surface area contributed by atoms with Gasteiger partial charge in [0, 0.05) is 6.54 Å². The summed E-state index contributed by atoms with van der Waals surface area (Å²) in [6, 6.07) is 14.7. The second-order valence-corrected chi connectivity index (χ2v) is 8.76. The number of aromatic amines is 1. The molecule has 148 valence electrons. The lowest BCUT2D eigenvalue weighted by molar-refractivity contribution is 0.474. The second kappa shape index (κ2) is 7.83. The summed E-state index contributed by atoms with van der Waals surface area (Å²) in [5.41, 5.74) is 1.12. The van der Waals surface area contributed by atoms with E-state index < -0.39 is 0 Å². The lowest BCUT2D eigenvalue weighted by atomic mass is 10.2. The predicted octanol–water partition coefficient (Wildman–Crippen LogP) is 4.14. The Morgan fingerprint density at radius 2 is 1.55 bits per heavy atom. The van der Waals surface area contributed by atoms with Crippen LogP contribution < -0.4 is 11.1 Å². The highest BCUT2D eigenvalue weighted by atomic mass is 32.2. The van der Waals surface area contributed by atoms with E-state index in [2.05, 4.69) is 23.8 Å². The Morgan fingerprint density at radius 1 is 0.931 bits per heavy atom. The van der Waals surface area contributed by atoms with Gasteiger partial charge >= 0.3 is 0 Å². The van der Waals surface area contributed by atoms with Gasteiger partial charge in [-0.2, -0.15) is 0 Å². The van der Waals surface area contributed by atoms with Crippen LogP contribution in [-0.2, 0) is 6.54 Å². The number of aromatic nitrogens is 4. The van der Waals surface area contributed by atoms with Crippen molar-refractivity contribution < 1.29 is 0 Å². The number of nitrogens with zero attached hydrogens (tertiary/aromatic N) is 3. The number of benzene rings is 2. The van der Waals surface area contributed by atoms with E-state index >= 15 is 0 Å². The minimum atomic E-state index is -0.182. The number of nitrogens with one attached hydrogen (secondary N) is 1. The second-order valence-electron chi connectivity index (χ2n) is 7.45. The van der Waals surface area contributed by atoms with Crippen LogP contribution in [0.1, 0.15) is 31.8 Å². The predicted molar refractivity (Wildman–Crippen MR) is 117 cm³/mol. The van der Waals surface area contributed by atoms with Gasteiger partial charge in [-0.15, -0.1) is 0 Å². The van der Waals surface area contributed by atoms with E-state index in [9.17, 15) is 9.59 Å². The van der Waals surface area contributed by atoms with Crippen LogP contribution in [-0.4, -0.2) is 19.5 Å². The van der Waals surface area contributed by atoms with Crippen molar-refractivity contribution in [3.8, 4) is 0 Å². The molecule has 1 atom stereocenters. The van der Waals surface area contributed by atoms with Crippen molar-refractivity contribution in [1.82, 2.24) is 19.5 Å². The molecule has 2 heterocycles. The zero-order valence-corrected chi connectivity index (χ0v) is 17.4. The zero-order chi connectivity index (χ0) is 20.5. The Balaban J connectivity index is 1.79. The molecule has 0 saturated heterocycles. The number of rotatable bonds is 5. The van der Waals surface area contributed by atoms with Crippen LogP contribution in [0.25, 0.3) is 21.8 Å².